The summed E-state index contributed by atoms with van der Waals surface area (Å²) in [5.41, 5.74) is 1.38. The van der Waals surface area contributed by atoms with Crippen molar-refractivity contribution in [2.45, 2.75) is 20.4 Å². The Kier molecular flexibility index (Phi) is 5.43. The average molecular weight is 340 g/mol. The largest absolute Gasteiger partial charge is 0.492 e. The van der Waals surface area contributed by atoms with E-state index in [9.17, 15) is 0 Å². The second kappa shape index (κ2) is 7.08. The zero-order valence-electron chi connectivity index (χ0n) is 11.2. The smallest absolute Gasteiger partial charge is 0.120 e. The van der Waals surface area contributed by atoms with Crippen molar-refractivity contribution in [3.05, 3.63) is 50.1 Å². The Hall–Kier alpha value is -0.840. The summed E-state index contributed by atoms with van der Waals surface area (Å²) < 4.78 is 6.71. The summed E-state index contributed by atoms with van der Waals surface area (Å²) in [4.78, 5) is 2.79. The standard InChI is InChI=1S/C15H18BrNOS/c1-11-8-15(19-12(11)2)10-17-6-7-18-14-5-3-4-13(16)9-14/h3-5,8-9,17H,6-7,10H2,1-2H3. The molecule has 1 N–H and O–H groups in total. The number of hydrogen-bond donors (Lipinski definition) is 1. The minimum absolute atomic E-state index is 0.680. The van der Waals surface area contributed by atoms with Crippen LogP contribution in [-0.4, -0.2) is 13.2 Å². The molecule has 0 saturated heterocycles. The third kappa shape index (κ3) is 4.64. The molecular formula is C15H18BrNOS. The molecule has 2 rings (SSSR count). The first kappa shape index (κ1) is 14.6. The average Bonchev–Trinajstić information content (AvgIpc) is 2.68. The number of nitrogens with one attached hydrogen (secondary N) is 1. The second-order valence-electron chi connectivity index (χ2n) is 4.43. The molecule has 102 valence electrons. The Bertz CT molecular complexity index is 519. The van der Waals surface area contributed by atoms with Crippen LogP contribution in [0.4, 0.5) is 0 Å². The molecule has 19 heavy (non-hydrogen) atoms. The molecule has 1 heterocycles. The lowest BCUT2D eigenvalue weighted by Crippen LogP contribution is -2.20. The highest BCUT2D eigenvalue weighted by Crippen LogP contribution is 2.20. The van der Waals surface area contributed by atoms with Gasteiger partial charge in [-0.3, -0.25) is 0 Å². The van der Waals surface area contributed by atoms with Crippen LogP contribution in [0.5, 0.6) is 5.75 Å². The molecule has 0 amide bonds. The van der Waals surface area contributed by atoms with E-state index in [4.69, 9.17) is 4.74 Å². The summed E-state index contributed by atoms with van der Waals surface area (Å²) >= 11 is 5.29. The van der Waals surface area contributed by atoms with E-state index < -0.39 is 0 Å². The minimum Gasteiger partial charge on any atom is -0.492 e. The van der Waals surface area contributed by atoms with Gasteiger partial charge in [0.2, 0.25) is 0 Å². The van der Waals surface area contributed by atoms with Crippen molar-refractivity contribution in [3.63, 3.8) is 0 Å². The molecule has 0 spiro atoms. The van der Waals surface area contributed by atoms with E-state index in [1.165, 1.54) is 15.3 Å². The molecule has 1 aromatic carbocycles. The summed E-state index contributed by atoms with van der Waals surface area (Å²) in [7, 11) is 0. The molecule has 2 nitrogen and oxygen atoms in total. The van der Waals surface area contributed by atoms with Gasteiger partial charge in [-0.05, 0) is 43.7 Å². The lowest BCUT2D eigenvalue weighted by Gasteiger charge is -2.07. The van der Waals surface area contributed by atoms with Crippen molar-refractivity contribution >= 4 is 27.3 Å². The number of benzene rings is 1. The molecule has 0 radical (unpaired) electrons. The topological polar surface area (TPSA) is 21.3 Å². The summed E-state index contributed by atoms with van der Waals surface area (Å²) in [6.45, 7) is 6.77. The Labute approximate surface area is 126 Å². The van der Waals surface area contributed by atoms with Gasteiger partial charge in [0.15, 0.2) is 0 Å². The summed E-state index contributed by atoms with van der Waals surface area (Å²) in [5.74, 6) is 0.902. The van der Waals surface area contributed by atoms with Crippen molar-refractivity contribution in [2.75, 3.05) is 13.2 Å². The van der Waals surface area contributed by atoms with E-state index in [1.807, 2.05) is 35.6 Å². The van der Waals surface area contributed by atoms with Crippen molar-refractivity contribution in [1.29, 1.82) is 0 Å². The van der Waals surface area contributed by atoms with E-state index in [0.29, 0.717) is 6.61 Å². The molecule has 0 aliphatic heterocycles. The molecule has 0 unspecified atom stereocenters. The van der Waals surface area contributed by atoms with Crippen molar-refractivity contribution in [2.24, 2.45) is 0 Å². The van der Waals surface area contributed by atoms with Crippen LogP contribution in [0.15, 0.2) is 34.8 Å². The van der Waals surface area contributed by atoms with Crippen LogP contribution in [0.3, 0.4) is 0 Å². The van der Waals surface area contributed by atoms with Crippen LogP contribution in [-0.2, 0) is 6.54 Å². The van der Waals surface area contributed by atoms with E-state index in [2.05, 4.69) is 41.2 Å². The first-order chi connectivity index (χ1) is 9.15. The van der Waals surface area contributed by atoms with Gasteiger partial charge in [0, 0.05) is 27.3 Å². The minimum atomic E-state index is 0.680. The molecule has 0 aliphatic carbocycles. The predicted molar refractivity (Wildman–Crippen MR) is 85.1 cm³/mol. The fourth-order valence-corrected chi connectivity index (χ4v) is 3.15. The zero-order chi connectivity index (χ0) is 13.7. The van der Waals surface area contributed by atoms with Gasteiger partial charge in [0.05, 0.1) is 0 Å². The maximum atomic E-state index is 5.66. The van der Waals surface area contributed by atoms with Crippen LogP contribution in [0, 0.1) is 13.8 Å². The van der Waals surface area contributed by atoms with Crippen LogP contribution in [0.25, 0.3) is 0 Å². The van der Waals surface area contributed by atoms with E-state index in [1.54, 1.807) is 0 Å². The first-order valence-corrected chi connectivity index (χ1v) is 7.91. The number of ether oxygens (including phenoxy) is 1. The van der Waals surface area contributed by atoms with Gasteiger partial charge in [-0.25, -0.2) is 0 Å². The number of hydrogen-bond acceptors (Lipinski definition) is 3. The number of thiophene rings is 1. The van der Waals surface area contributed by atoms with Gasteiger partial charge in [0.1, 0.15) is 12.4 Å². The van der Waals surface area contributed by atoms with Crippen molar-refractivity contribution < 1.29 is 4.74 Å². The van der Waals surface area contributed by atoms with Crippen LogP contribution >= 0.6 is 27.3 Å². The number of rotatable bonds is 6. The SMILES string of the molecule is Cc1cc(CNCCOc2cccc(Br)c2)sc1C. The molecule has 0 fully saturated rings. The quantitative estimate of drug-likeness (QED) is 0.792. The Balaban J connectivity index is 1.67. The van der Waals surface area contributed by atoms with Gasteiger partial charge in [-0.15, -0.1) is 11.3 Å². The zero-order valence-corrected chi connectivity index (χ0v) is 13.6. The molecule has 4 heteroatoms. The van der Waals surface area contributed by atoms with E-state index in [0.717, 1.165) is 23.3 Å². The first-order valence-electron chi connectivity index (χ1n) is 6.30. The molecule has 2 aromatic rings. The van der Waals surface area contributed by atoms with Gasteiger partial charge in [-0.1, -0.05) is 22.0 Å². The van der Waals surface area contributed by atoms with E-state index in [-0.39, 0.29) is 0 Å². The molecular weight excluding hydrogens is 322 g/mol. The maximum Gasteiger partial charge on any atom is 0.120 e. The Morgan fingerprint density at radius 1 is 1.26 bits per heavy atom. The van der Waals surface area contributed by atoms with Crippen LogP contribution in [0.2, 0.25) is 0 Å². The maximum absolute atomic E-state index is 5.66. The fourth-order valence-electron chi connectivity index (χ4n) is 1.75. The number of aryl methyl sites for hydroxylation is 2. The fraction of sp³-hybridized carbons (Fsp3) is 0.333. The molecule has 1 aromatic heterocycles. The molecule has 0 saturated carbocycles. The summed E-state index contributed by atoms with van der Waals surface area (Å²) in [5, 5.41) is 3.40. The lowest BCUT2D eigenvalue weighted by molar-refractivity contribution is 0.313. The third-order valence-corrected chi connectivity index (χ3v) is 4.51. The monoisotopic (exact) mass is 339 g/mol. The summed E-state index contributed by atoms with van der Waals surface area (Å²) in [6, 6.07) is 10.2. The predicted octanol–water partition coefficient (Wildman–Crippen LogP) is 4.30. The Morgan fingerprint density at radius 2 is 2.11 bits per heavy atom. The highest BCUT2D eigenvalue weighted by Gasteiger charge is 2.01. The van der Waals surface area contributed by atoms with Crippen molar-refractivity contribution in [1.82, 2.24) is 5.32 Å². The van der Waals surface area contributed by atoms with Crippen LogP contribution < -0.4 is 10.1 Å². The molecule has 0 bridgehead atoms. The Morgan fingerprint density at radius 3 is 2.79 bits per heavy atom. The third-order valence-electron chi connectivity index (χ3n) is 2.86. The van der Waals surface area contributed by atoms with Gasteiger partial charge >= 0.3 is 0 Å². The number of halogens is 1. The van der Waals surface area contributed by atoms with E-state index >= 15 is 0 Å². The van der Waals surface area contributed by atoms with Gasteiger partial charge in [0.25, 0.3) is 0 Å². The molecule has 0 aliphatic rings. The van der Waals surface area contributed by atoms with Crippen LogP contribution in [0.1, 0.15) is 15.3 Å². The summed E-state index contributed by atoms with van der Waals surface area (Å²) in [6.07, 6.45) is 0. The second-order valence-corrected chi connectivity index (χ2v) is 6.69. The normalized spacial score (nSPS) is 10.7. The highest BCUT2D eigenvalue weighted by atomic mass is 79.9. The van der Waals surface area contributed by atoms with Gasteiger partial charge < -0.3 is 10.1 Å². The van der Waals surface area contributed by atoms with Gasteiger partial charge in [-0.2, -0.15) is 0 Å². The molecule has 0 atom stereocenters. The lowest BCUT2D eigenvalue weighted by atomic mass is 10.3. The highest BCUT2D eigenvalue weighted by molar-refractivity contribution is 9.10. The van der Waals surface area contributed by atoms with Crippen molar-refractivity contribution in [3.8, 4) is 5.75 Å².